The SMILES string of the molecule is CCOC(=O)c1c([C@@H]2O[C@@](C)(C(F)(F)F)[C@@H](C)[C@H]2c2ccc(F)c(F)c2OC)[nH]cc(Br)c1=O. The second-order valence-electron chi connectivity index (χ2n) is 7.92. The molecule has 0 bridgehead atoms. The van der Waals surface area contributed by atoms with Gasteiger partial charge in [-0.05, 0) is 35.8 Å². The first-order valence-electron chi connectivity index (χ1n) is 10.1. The molecule has 12 heteroatoms. The number of aromatic nitrogens is 1. The quantitative estimate of drug-likeness (QED) is 0.395. The van der Waals surface area contributed by atoms with Crippen LogP contribution >= 0.6 is 15.9 Å². The largest absolute Gasteiger partial charge is 0.493 e. The van der Waals surface area contributed by atoms with Crippen LogP contribution in [0.3, 0.4) is 0 Å². The molecule has 0 aliphatic carbocycles. The van der Waals surface area contributed by atoms with Gasteiger partial charge < -0.3 is 19.2 Å². The Kier molecular flexibility index (Phi) is 7.14. The van der Waals surface area contributed by atoms with E-state index in [0.717, 1.165) is 32.4 Å². The third kappa shape index (κ3) is 4.10. The highest BCUT2D eigenvalue weighted by Crippen LogP contribution is 2.59. The minimum atomic E-state index is -4.88. The van der Waals surface area contributed by atoms with Crippen LogP contribution in [0.4, 0.5) is 22.0 Å². The van der Waals surface area contributed by atoms with Crippen LogP contribution in [0.25, 0.3) is 0 Å². The van der Waals surface area contributed by atoms with Gasteiger partial charge in [-0.15, -0.1) is 0 Å². The molecule has 0 saturated carbocycles. The molecule has 1 aromatic carbocycles. The molecule has 6 nitrogen and oxygen atoms in total. The highest BCUT2D eigenvalue weighted by Gasteiger charge is 2.65. The molecule has 1 aliphatic rings. The molecule has 186 valence electrons. The summed E-state index contributed by atoms with van der Waals surface area (Å²) in [6, 6.07) is 1.86. The van der Waals surface area contributed by atoms with Gasteiger partial charge in [0.15, 0.2) is 17.2 Å². The van der Waals surface area contributed by atoms with Crippen LogP contribution in [0.2, 0.25) is 0 Å². The summed E-state index contributed by atoms with van der Waals surface area (Å²) in [5.41, 5.74) is -4.58. The number of aromatic amines is 1. The van der Waals surface area contributed by atoms with E-state index in [1.807, 2.05) is 0 Å². The molecule has 0 radical (unpaired) electrons. The van der Waals surface area contributed by atoms with Crippen molar-refractivity contribution in [1.29, 1.82) is 0 Å². The fourth-order valence-electron chi connectivity index (χ4n) is 4.21. The lowest BCUT2D eigenvalue weighted by molar-refractivity contribution is -0.275. The molecule has 1 fully saturated rings. The van der Waals surface area contributed by atoms with E-state index in [9.17, 15) is 31.5 Å². The fourth-order valence-corrected chi connectivity index (χ4v) is 4.53. The van der Waals surface area contributed by atoms with Gasteiger partial charge in [-0.3, -0.25) is 4.79 Å². The Balaban J connectivity index is 2.34. The Morgan fingerprint density at radius 2 is 1.94 bits per heavy atom. The van der Waals surface area contributed by atoms with Crippen molar-refractivity contribution in [2.75, 3.05) is 13.7 Å². The summed E-state index contributed by atoms with van der Waals surface area (Å²) in [6.07, 6.45) is -5.33. The van der Waals surface area contributed by atoms with E-state index < -0.39 is 64.1 Å². The first-order valence-corrected chi connectivity index (χ1v) is 10.9. The minimum absolute atomic E-state index is 0.0640. The number of carbonyl (C=O) groups is 1. The first-order chi connectivity index (χ1) is 15.8. The van der Waals surface area contributed by atoms with Crippen LogP contribution in [-0.4, -0.2) is 36.4 Å². The number of benzene rings is 1. The summed E-state index contributed by atoms with van der Waals surface area (Å²) >= 11 is 2.99. The van der Waals surface area contributed by atoms with E-state index in [4.69, 9.17) is 14.2 Å². The van der Waals surface area contributed by atoms with E-state index in [-0.39, 0.29) is 22.3 Å². The van der Waals surface area contributed by atoms with Crippen molar-refractivity contribution >= 4 is 21.9 Å². The number of nitrogens with one attached hydrogen (secondary N) is 1. The number of hydrogen-bond acceptors (Lipinski definition) is 5. The number of carbonyl (C=O) groups excluding carboxylic acids is 1. The Morgan fingerprint density at radius 1 is 1.29 bits per heavy atom. The second kappa shape index (κ2) is 9.29. The van der Waals surface area contributed by atoms with Crippen molar-refractivity contribution in [2.24, 2.45) is 5.92 Å². The molecule has 0 unspecified atom stereocenters. The van der Waals surface area contributed by atoms with Gasteiger partial charge in [0.2, 0.25) is 11.2 Å². The van der Waals surface area contributed by atoms with Gasteiger partial charge in [0.05, 0.1) is 23.9 Å². The number of alkyl halides is 3. The monoisotopic (exact) mass is 553 g/mol. The van der Waals surface area contributed by atoms with Crippen LogP contribution in [0.1, 0.15) is 54.4 Å². The zero-order valence-electron chi connectivity index (χ0n) is 18.5. The number of halogens is 6. The maximum Gasteiger partial charge on any atom is 0.417 e. The standard InChI is InChI=1S/C22H21BrF5NO5/c1-5-33-20(31)14-16(29-8-11(23)17(14)30)19-13(9(2)21(3,34-19)22(26,27)28)10-6-7-12(24)15(25)18(10)32-4/h6-9,13,19H,5H2,1-4H3,(H,29,30)/t9-,13-,19+,21+/m0/s1. The maximum absolute atomic E-state index is 14.5. The number of methoxy groups -OCH3 is 1. The predicted octanol–water partition coefficient (Wildman–Crippen LogP) is 5.41. The molecule has 3 rings (SSSR count). The van der Waals surface area contributed by atoms with E-state index in [2.05, 4.69) is 20.9 Å². The number of H-pyrrole nitrogens is 1. The zero-order valence-corrected chi connectivity index (χ0v) is 20.1. The van der Waals surface area contributed by atoms with E-state index in [1.165, 1.54) is 13.8 Å². The molecule has 0 spiro atoms. The summed E-state index contributed by atoms with van der Waals surface area (Å²) in [7, 11) is 1.05. The number of ether oxygens (including phenoxy) is 3. The van der Waals surface area contributed by atoms with Crippen molar-refractivity contribution < 1.29 is 41.0 Å². The van der Waals surface area contributed by atoms with Gasteiger partial charge in [-0.25, -0.2) is 9.18 Å². The van der Waals surface area contributed by atoms with Crippen molar-refractivity contribution in [3.63, 3.8) is 0 Å². The summed E-state index contributed by atoms with van der Waals surface area (Å²) in [5.74, 6) is -7.00. The number of pyridine rings is 1. The maximum atomic E-state index is 14.5. The molecule has 1 aliphatic heterocycles. The van der Waals surface area contributed by atoms with Gasteiger partial charge in [-0.1, -0.05) is 13.0 Å². The zero-order chi connectivity index (χ0) is 25.6. The molecule has 4 atom stereocenters. The first kappa shape index (κ1) is 26.1. The Bertz CT molecular complexity index is 1170. The highest BCUT2D eigenvalue weighted by molar-refractivity contribution is 9.10. The Labute approximate surface area is 199 Å². The predicted molar refractivity (Wildman–Crippen MR) is 114 cm³/mol. The van der Waals surface area contributed by atoms with Gasteiger partial charge >= 0.3 is 12.1 Å². The lowest BCUT2D eigenvalue weighted by Gasteiger charge is -2.32. The second-order valence-corrected chi connectivity index (χ2v) is 8.77. The average molecular weight is 554 g/mol. The molecule has 2 aromatic rings. The van der Waals surface area contributed by atoms with Crippen LogP contribution in [0, 0.1) is 17.6 Å². The normalized spacial score (nSPS) is 24.8. The third-order valence-corrected chi connectivity index (χ3v) is 6.73. The fraction of sp³-hybridized carbons (Fsp3) is 0.455. The van der Waals surface area contributed by atoms with Crippen LogP contribution < -0.4 is 10.2 Å². The smallest absolute Gasteiger partial charge is 0.417 e. The number of esters is 1. The molecule has 34 heavy (non-hydrogen) atoms. The average Bonchev–Trinajstić information content (AvgIpc) is 3.03. The molecule has 1 aromatic heterocycles. The van der Waals surface area contributed by atoms with Gasteiger partial charge in [-0.2, -0.15) is 17.6 Å². The third-order valence-electron chi connectivity index (χ3n) is 6.14. The molecule has 1 N–H and O–H groups in total. The minimum Gasteiger partial charge on any atom is -0.493 e. The number of hydrogen-bond donors (Lipinski definition) is 1. The lowest BCUT2D eigenvalue weighted by atomic mass is 9.76. The summed E-state index contributed by atoms with van der Waals surface area (Å²) < 4.78 is 86.3. The van der Waals surface area contributed by atoms with Gasteiger partial charge in [0.1, 0.15) is 11.7 Å². The molecule has 1 saturated heterocycles. The van der Waals surface area contributed by atoms with Crippen LogP contribution in [0.15, 0.2) is 27.6 Å². The van der Waals surface area contributed by atoms with Gasteiger partial charge in [0.25, 0.3) is 0 Å². The Hall–Kier alpha value is -2.47. The summed E-state index contributed by atoms with van der Waals surface area (Å²) in [5, 5.41) is 0. The van der Waals surface area contributed by atoms with Crippen molar-refractivity contribution in [3.05, 3.63) is 61.5 Å². The van der Waals surface area contributed by atoms with E-state index >= 15 is 0 Å². The number of rotatable bonds is 5. The van der Waals surface area contributed by atoms with Crippen molar-refractivity contribution in [3.8, 4) is 5.75 Å². The molecular formula is C22H21BrF5NO5. The molecular weight excluding hydrogens is 533 g/mol. The van der Waals surface area contributed by atoms with Gasteiger partial charge in [0, 0.05) is 23.6 Å². The summed E-state index contributed by atoms with van der Waals surface area (Å²) in [6.45, 7) is 3.44. The van der Waals surface area contributed by atoms with E-state index in [0.29, 0.717) is 0 Å². The summed E-state index contributed by atoms with van der Waals surface area (Å²) in [4.78, 5) is 28.1. The van der Waals surface area contributed by atoms with Crippen molar-refractivity contribution in [2.45, 2.75) is 44.6 Å². The lowest BCUT2D eigenvalue weighted by Crippen LogP contribution is -2.46. The molecule has 2 heterocycles. The molecule has 0 amide bonds. The Morgan fingerprint density at radius 3 is 2.50 bits per heavy atom. The topological polar surface area (TPSA) is 77.6 Å². The van der Waals surface area contributed by atoms with Crippen LogP contribution in [-0.2, 0) is 9.47 Å². The highest BCUT2D eigenvalue weighted by atomic mass is 79.9. The van der Waals surface area contributed by atoms with Crippen molar-refractivity contribution in [1.82, 2.24) is 4.98 Å². The van der Waals surface area contributed by atoms with Crippen LogP contribution in [0.5, 0.6) is 5.75 Å². The van der Waals surface area contributed by atoms with E-state index in [1.54, 1.807) is 0 Å².